The quantitative estimate of drug-likeness (QED) is 0.155. The molecular formula is C55H37N. The Morgan fingerprint density at radius 1 is 0.339 bits per heavy atom. The summed E-state index contributed by atoms with van der Waals surface area (Å²) in [5.41, 5.74) is 8.73. The minimum Gasteiger partial charge on any atom is -0.310 e. The molecule has 0 spiro atoms. The van der Waals surface area contributed by atoms with Crippen molar-refractivity contribution in [1.82, 2.24) is 0 Å². The molecule has 0 aliphatic heterocycles. The van der Waals surface area contributed by atoms with Crippen molar-refractivity contribution in [2.45, 2.75) is 5.41 Å². The van der Waals surface area contributed by atoms with E-state index in [2.05, 4.69) is 146 Å². The van der Waals surface area contributed by atoms with Crippen LogP contribution in [0.1, 0.15) is 27.7 Å². The number of benzene rings is 10. The standard InChI is InChI=1S/C55H37N/c1-3-17-42(18-4-1)55(43-19-5-2-6-20-43)53-25-12-11-23-51(53)52-35-33-46(37-54(52)55)56(45-32-34-50-41(36-45)27-26-39-15-8-10-22-48(39)50)44-30-28-40(29-31-44)49-24-13-16-38-14-7-9-21-47(38)49/h1-37H/i28D,29D,30D,31D. The monoisotopic (exact) mass is 715 g/mol. The van der Waals surface area contributed by atoms with E-state index in [0.717, 1.165) is 71.5 Å². The Balaban J connectivity index is 1.21. The smallest absolute Gasteiger partial charge is 0.0714 e. The van der Waals surface area contributed by atoms with Gasteiger partial charge in [0.05, 0.1) is 10.9 Å². The summed E-state index contributed by atoms with van der Waals surface area (Å²) in [5.74, 6) is 0. The van der Waals surface area contributed by atoms with E-state index in [0.29, 0.717) is 5.56 Å². The Morgan fingerprint density at radius 3 is 1.64 bits per heavy atom. The van der Waals surface area contributed by atoms with Crippen LogP contribution in [0.5, 0.6) is 0 Å². The van der Waals surface area contributed by atoms with E-state index >= 15 is 0 Å². The molecule has 0 saturated heterocycles. The van der Waals surface area contributed by atoms with Gasteiger partial charge >= 0.3 is 0 Å². The highest BCUT2D eigenvalue weighted by molar-refractivity contribution is 6.08. The van der Waals surface area contributed by atoms with E-state index in [-0.39, 0.29) is 35.4 Å². The largest absolute Gasteiger partial charge is 0.310 e. The van der Waals surface area contributed by atoms with Crippen molar-refractivity contribution in [1.29, 1.82) is 0 Å². The molecule has 0 aromatic heterocycles. The van der Waals surface area contributed by atoms with Gasteiger partial charge in [0, 0.05) is 17.1 Å². The fourth-order valence-corrected chi connectivity index (χ4v) is 9.11. The zero-order valence-electron chi connectivity index (χ0n) is 34.5. The van der Waals surface area contributed by atoms with E-state index in [4.69, 9.17) is 0 Å². The van der Waals surface area contributed by atoms with Crippen LogP contribution in [0.2, 0.25) is 0 Å². The zero-order chi connectivity index (χ0) is 40.5. The molecule has 56 heavy (non-hydrogen) atoms. The number of fused-ring (bicyclic) bond motifs is 7. The van der Waals surface area contributed by atoms with Gasteiger partial charge in [0.1, 0.15) is 0 Å². The Labute approximate surface area is 333 Å². The van der Waals surface area contributed by atoms with E-state index in [1.54, 1.807) is 0 Å². The summed E-state index contributed by atoms with van der Waals surface area (Å²) in [5, 5.41) is 6.25. The topological polar surface area (TPSA) is 3.24 Å². The SMILES string of the molecule is [2H]c1c([2H])c(N(c2ccc3c(c2)C(c2ccccc2)(c2ccccc2)c2ccccc2-3)c2ccc3c(ccc4ccccc43)c2)c([2H])c([2H])c1-c1cccc2ccccc12. The van der Waals surface area contributed by atoms with E-state index in [9.17, 15) is 5.48 Å². The summed E-state index contributed by atoms with van der Waals surface area (Å²) >= 11 is 0. The van der Waals surface area contributed by atoms with E-state index in [1.807, 2.05) is 59.5 Å². The Bertz CT molecular complexity index is 3250. The Kier molecular flexibility index (Phi) is 6.55. The van der Waals surface area contributed by atoms with Gasteiger partial charge in [-0.2, -0.15) is 0 Å². The predicted molar refractivity (Wildman–Crippen MR) is 236 cm³/mol. The molecule has 0 heterocycles. The van der Waals surface area contributed by atoms with Gasteiger partial charge in [-0.1, -0.05) is 188 Å². The molecule has 0 unspecified atom stereocenters. The molecule has 1 aliphatic carbocycles. The average molecular weight is 716 g/mol. The highest BCUT2D eigenvalue weighted by Crippen LogP contribution is 2.57. The first-order chi connectivity index (χ1) is 29.4. The number of hydrogen-bond donors (Lipinski definition) is 0. The summed E-state index contributed by atoms with van der Waals surface area (Å²) in [6.45, 7) is 0. The van der Waals surface area contributed by atoms with Crippen LogP contribution < -0.4 is 4.90 Å². The summed E-state index contributed by atoms with van der Waals surface area (Å²) in [6, 6.07) is 68.5. The molecule has 262 valence electrons. The molecule has 1 aliphatic rings. The summed E-state index contributed by atoms with van der Waals surface area (Å²) in [7, 11) is 0. The minimum atomic E-state index is -0.675. The van der Waals surface area contributed by atoms with Crippen molar-refractivity contribution in [2.75, 3.05) is 4.90 Å². The van der Waals surface area contributed by atoms with Crippen molar-refractivity contribution in [3.8, 4) is 22.3 Å². The zero-order valence-corrected chi connectivity index (χ0v) is 30.5. The number of hydrogen-bond acceptors (Lipinski definition) is 1. The molecule has 10 aromatic carbocycles. The number of rotatable bonds is 6. The van der Waals surface area contributed by atoms with Crippen molar-refractivity contribution in [3.05, 3.63) is 247 Å². The lowest BCUT2D eigenvalue weighted by molar-refractivity contribution is 0.768. The molecule has 0 saturated carbocycles. The first-order valence-corrected chi connectivity index (χ1v) is 19.1. The van der Waals surface area contributed by atoms with Crippen LogP contribution >= 0.6 is 0 Å². The van der Waals surface area contributed by atoms with Gasteiger partial charge in [-0.15, -0.1) is 0 Å². The molecule has 0 radical (unpaired) electrons. The lowest BCUT2D eigenvalue weighted by Gasteiger charge is -2.35. The number of anilines is 3. The highest BCUT2D eigenvalue weighted by atomic mass is 15.1. The van der Waals surface area contributed by atoms with Gasteiger partial charge in [0.15, 0.2) is 0 Å². The van der Waals surface area contributed by atoms with Crippen LogP contribution in [0.25, 0.3) is 54.6 Å². The van der Waals surface area contributed by atoms with Crippen molar-refractivity contribution in [2.24, 2.45) is 0 Å². The van der Waals surface area contributed by atoms with Crippen LogP contribution in [0.3, 0.4) is 0 Å². The van der Waals surface area contributed by atoms with Crippen LogP contribution in [0.15, 0.2) is 224 Å². The minimum absolute atomic E-state index is 0.0874. The third-order valence-electron chi connectivity index (χ3n) is 11.6. The van der Waals surface area contributed by atoms with Gasteiger partial charge in [-0.05, 0) is 113 Å². The summed E-state index contributed by atoms with van der Waals surface area (Å²) < 4.78 is 38.8. The fraction of sp³-hybridized carbons (Fsp3) is 0.0182. The Hall–Kier alpha value is -7.22. The van der Waals surface area contributed by atoms with Gasteiger partial charge < -0.3 is 4.90 Å². The predicted octanol–water partition coefficient (Wildman–Crippen LogP) is 14.6. The molecule has 0 N–H and O–H groups in total. The van der Waals surface area contributed by atoms with Crippen molar-refractivity contribution >= 4 is 49.4 Å². The van der Waals surface area contributed by atoms with Crippen LogP contribution in [0.4, 0.5) is 17.1 Å². The van der Waals surface area contributed by atoms with Gasteiger partial charge in [0.25, 0.3) is 0 Å². The van der Waals surface area contributed by atoms with Crippen LogP contribution in [0, 0.1) is 0 Å². The van der Waals surface area contributed by atoms with Crippen LogP contribution in [-0.2, 0) is 5.41 Å². The molecule has 10 aromatic rings. The summed E-state index contributed by atoms with van der Waals surface area (Å²) in [6.07, 6.45) is 0. The second kappa shape index (κ2) is 13.0. The first kappa shape index (κ1) is 28.3. The van der Waals surface area contributed by atoms with Crippen molar-refractivity contribution < 1.29 is 5.48 Å². The van der Waals surface area contributed by atoms with E-state index in [1.165, 1.54) is 5.56 Å². The molecule has 0 amide bonds. The molecule has 0 fully saturated rings. The summed E-state index contributed by atoms with van der Waals surface area (Å²) in [4.78, 5) is 1.94. The van der Waals surface area contributed by atoms with Gasteiger partial charge in [0.2, 0.25) is 0 Å². The third-order valence-corrected chi connectivity index (χ3v) is 11.6. The molecule has 0 atom stereocenters. The molecule has 0 bridgehead atoms. The molecule has 1 nitrogen and oxygen atoms in total. The highest BCUT2D eigenvalue weighted by Gasteiger charge is 2.46. The molecule has 1 heteroatoms. The fourth-order valence-electron chi connectivity index (χ4n) is 9.11. The van der Waals surface area contributed by atoms with Crippen molar-refractivity contribution in [3.63, 3.8) is 0 Å². The second-order valence-corrected chi connectivity index (χ2v) is 14.5. The maximum absolute atomic E-state index is 9.80. The first-order valence-electron chi connectivity index (χ1n) is 21.1. The normalized spacial score (nSPS) is 13.8. The third kappa shape index (κ3) is 4.95. The molecule has 11 rings (SSSR count). The second-order valence-electron chi connectivity index (χ2n) is 14.5. The van der Waals surface area contributed by atoms with Gasteiger partial charge in [-0.3, -0.25) is 0 Å². The maximum atomic E-state index is 9.80. The molecular weight excluding hydrogens is 675 g/mol. The lowest BCUT2D eigenvalue weighted by atomic mass is 9.67. The van der Waals surface area contributed by atoms with Gasteiger partial charge in [-0.25, -0.2) is 0 Å². The maximum Gasteiger partial charge on any atom is 0.0714 e. The van der Waals surface area contributed by atoms with E-state index < -0.39 is 5.41 Å². The lowest BCUT2D eigenvalue weighted by Crippen LogP contribution is -2.28. The van der Waals surface area contributed by atoms with Crippen LogP contribution in [-0.4, -0.2) is 0 Å². The Morgan fingerprint density at radius 2 is 0.875 bits per heavy atom. The number of nitrogens with zero attached hydrogens (tertiary/aromatic N) is 1. The average Bonchev–Trinajstić information content (AvgIpc) is 3.60.